The fourth-order valence-electron chi connectivity index (χ4n) is 3.62. The zero-order valence-electron chi connectivity index (χ0n) is 14.7. The maximum absolute atomic E-state index is 13.9. The second-order valence-corrected chi connectivity index (χ2v) is 7.30. The van der Waals surface area contributed by atoms with E-state index in [1.54, 1.807) is 6.07 Å². The summed E-state index contributed by atoms with van der Waals surface area (Å²) >= 11 is 6.00. The number of benzene rings is 2. The van der Waals surface area contributed by atoms with Gasteiger partial charge in [0.1, 0.15) is 5.82 Å². The van der Waals surface area contributed by atoms with Crippen LogP contribution in [0.3, 0.4) is 0 Å². The van der Waals surface area contributed by atoms with E-state index < -0.39 is 0 Å². The smallest absolute Gasteiger partial charge is 0.220 e. The molecule has 2 heterocycles. The normalized spacial score (nSPS) is 15.3. The lowest BCUT2D eigenvalue weighted by Crippen LogP contribution is -2.38. The number of carbonyl (C=O) groups excluding carboxylic acids is 1. The third kappa shape index (κ3) is 3.60. The second-order valence-electron chi connectivity index (χ2n) is 6.86. The minimum atomic E-state index is -0.295. The van der Waals surface area contributed by atoms with Crippen molar-refractivity contribution in [1.29, 1.82) is 0 Å². The summed E-state index contributed by atoms with van der Waals surface area (Å²) in [5.74, 6) is -0.638. The van der Waals surface area contributed by atoms with E-state index in [2.05, 4.69) is 4.90 Å². The number of amides is 1. The molecule has 1 amide bonds. The Kier molecular flexibility index (Phi) is 4.70. The van der Waals surface area contributed by atoms with Gasteiger partial charge in [-0.15, -0.1) is 0 Å². The van der Waals surface area contributed by atoms with Crippen LogP contribution in [0.5, 0.6) is 0 Å². The molecule has 138 valence electrons. The molecular formula is C21H19ClFN3O. The molecule has 1 aromatic heterocycles. The molecule has 1 aliphatic heterocycles. The fraction of sp³-hybridized carbons (Fsp3) is 0.238. The molecule has 1 aliphatic rings. The van der Waals surface area contributed by atoms with Gasteiger partial charge in [-0.3, -0.25) is 4.79 Å². The number of pyridine rings is 1. The second kappa shape index (κ2) is 7.16. The molecule has 1 fully saturated rings. The minimum Gasteiger partial charge on any atom is -0.371 e. The monoisotopic (exact) mass is 383 g/mol. The summed E-state index contributed by atoms with van der Waals surface area (Å²) in [5, 5.41) is 1.43. The van der Waals surface area contributed by atoms with Gasteiger partial charge in [0.15, 0.2) is 0 Å². The number of nitrogens with two attached hydrogens (primary N) is 1. The lowest BCUT2D eigenvalue weighted by atomic mass is 9.95. The van der Waals surface area contributed by atoms with Crippen molar-refractivity contribution in [3.8, 4) is 11.3 Å². The van der Waals surface area contributed by atoms with Crippen LogP contribution in [0.2, 0.25) is 5.02 Å². The number of piperidine rings is 1. The van der Waals surface area contributed by atoms with Crippen molar-refractivity contribution >= 4 is 34.1 Å². The number of rotatable bonds is 3. The number of anilines is 1. The van der Waals surface area contributed by atoms with Gasteiger partial charge in [-0.05, 0) is 49.2 Å². The van der Waals surface area contributed by atoms with Crippen LogP contribution in [0.25, 0.3) is 22.2 Å². The molecule has 2 N–H and O–H groups in total. The summed E-state index contributed by atoms with van der Waals surface area (Å²) in [7, 11) is 0. The van der Waals surface area contributed by atoms with E-state index in [4.69, 9.17) is 22.3 Å². The van der Waals surface area contributed by atoms with Gasteiger partial charge in [-0.1, -0.05) is 23.7 Å². The molecule has 0 unspecified atom stereocenters. The molecule has 4 rings (SSSR count). The van der Waals surface area contributed by atoms with Gasteiger partial charge >= 0.3 is 0 Å². The first-order valence-corrected chi connectivity index (χ1v) is 9.29. The van der Waals surface area contributed by atoms with Crippen molar-refractivity contribution in [3.05, 3.63) is 59.4 Å². The molecule has 6 heteroatoms. The van der Waals surface area contributed by atoms with Crippen LogP contribution in [-0.4, -0.2) is 24.0 Å². The Morgan fingerprint density at radius 2 is 1.81 bits per heavy atom. The molecule has 0 aliphatic carbocycles. The van der Waals surface area contributed by atoms with E-state index in [9.17, 15) is 9.18 Å². The van der Waals surface area contributed by atoms with Gasteiger partial charge in [0, 0.05) is 40.7 Å². The first kappa shape index (κ1) is 17.7. The Morgan fingerprint density at radius 3 is 2.48 bits per heavy atom. The Hall–Kier alpha value is -2.66. The molecule has 0 radical (unpaired) electrons. The molecule has 0 saturated carbocycles. The Bertz CT molecular complexity index is 998. The van der Waals surface area contributed by atoms with E-state index >= 15 is 0 Å². The van der Waals surface area contributed by atoms with Crippen molar-refractivity contribution in [2.45, 2.75) is 12.8 Å². The van der Waals surface area contributed by atoms with Crippen molar-refractivity contribution < 1.29 is 9.18 Å². The Labute approximate surface area is 161 Å². The van der Waals surface area contributed by atoms with Crippen molar-refractivity contribution in [3.63, 3.8) is 0 Å². The average Bonchev–Trinajstić information content (AvgIpc) is 2.68. The fourth-order valence-corrected chi connectivity index (χ4v) is 3.74. The van der Waals surface area contributed by atoms with E-state index in [0.29, 0.717) is 31.0 Å². The van der Waals surface area contributed by atoms with Crippen LogP contribution in [0.15, 0.2) is 48.5 Å². The number of halogens is 2. The van der Waals surface area contributed by atoms with Crippen LogP contribution in [0, 0.1) is 11.7 Å². The van der Waals surface area contributed by atoms with Gasteiger partial charge in [-0.2, -0.15) is 0 Å². The maximum atomic E-state index is 13.9. The Morgan fingerprint density at radius 1 is 1.11 bits per heavy atom. The number of nitrogens with zero attached hydrogens (tertiary/aromatic N) is 2. The zero-order valence-corrected chi connectivity index (χ0v) is 15.4. The summed E-state index contributed by atoms with van der Waals surface area (Å²) in [6.07, 6.45) is 1.40. The highest BCUT2D eigenvalue weighted by molar-refractivity contribution is 6.30. The predicted molar refractivity (Wildman–Crippen MR) is 106 cm³/mol. The maximum Gasteiger partial charge on any atom is 0.220 e. The number of carbonyl (C=O) groups is 1. The van der Waals surface area contributed by atoms with E-state index in [1.165, 1.54) is 12.1 Å². The topological polar surface area (TPSA) is 59.2 Å². The first-order chi connectivity index (χ1) is 13.0. The lowest BCUT2D eigenvalue weighted by molar-refractivity contribution is -0.122. The molecule has 0 spiro atoms. The average molecular weight is 384 g/mol. The highest BCUT2D eigenvalue weighted by atomic mass is 35.5. The van der Waals surface area contributed by atoms with Gasteiger partial charge in [-0.25, -0.2) is 9.37 Å². The summed E-state index contributed by atoms with van der Waals surface area (Å²) < 4.78 is 13.9. The van der Waals surface area contributed by atoms with Crippen LogP contribution in [0.1, 0.15) is 12.8 Å². The van der Waals surface area contributed by atoms with E-state index in [-0.39, 0.29) is 17.6 Å². The number of hydrogen-bond acceptors (Lipinski definition) is 3. The summed E-state index contributed by atoms with van der Waals surface area (Å²) in [6, 6.07) is 14.1. The zero-order chi connectivity index (χ0) is 19.0. The van der Waals surface area contributed by atoms with Gasteiger partial charge in [0.05, 0.1) is 11.2 Å². The van der Waals surface area contributed by atoms with E-state index in [0.717, 1.165) is 27.8 Å². The van der Waals surface area contributed by atoms with Gasteiger partial charge in [0.25, 0.3) is 0 Å². The molecule has 4 nitrogen and oxygen atoms in total. The van der Waals surface area contributed by atoms with Crippen molar-refractivity contribution in [2.75, 3.05) is 18.0 Å². The van der Waals surface area contributed by atoms with Crippen LogP contribution in [0.4, 0.5) is 10.1 Å². The van der Waals surface area contributed by atoms with Gasteiger partial charge in [0.2, 0.25) is 5.91 Å². The first-order valence-electron chi connectivity index (χ1n) is 8.92. The molecular weight excluding hydrogens is 365 g/mol. The van der Waals surface area contributed by atoms with Crippen molar-refractivity contribution in [2.24, 2.45) is 11.7 Å². The van der Waals surface area contributed by atoms with Gasteiger partial charge < -0.3 is 10.6 Å². The predicted octanol–water partition coefficient (Wildman–Crippen LogP) is 4.40. The van der Waals surface area contributed by atoms with Crippen LogP contribution >= 0.6 is 11.6 Å². The number of hydrogen-bond donors (Lipinski definition) is 1. The molecule has 0 bridgehead atoms. The standard InChI is InChI=1S/C21H19ClFN3O/c22-15-3-1-13(2-4-15)19-12-20(17-11-16(23)5-6-18(17)25-19)26-9-7-14(8-10-26)21(24)27/h1-6,11-12,14H,7-10H2,(H2,24,27). The molecule has 2 aromatic carbocycles. The summed E-state index contributed by atoms with van der Waals surface area (Å²) in [6.45, 7) is 1.40. The number of primary amides is 1. The molecule has 27 heavy (non-hydrogen) atoms. The van der Waals surface area contributed by atoms with Crippen LogP contribution < -0.4 is 10.6 Å². The highest BCUT2D eigenvalue weighted by Gasteiger charge is 2.24. The number of aromatic nitrogens is 1. The van der Waals surface area contributed by atoms with Crippen LogP contribution in [-0.2, 0) is 4.79 Å². The summed E-state index contributed by atoms with van der Waals surface area (Å²) in [5.41, 5.74) is 8.85. The number of fused-ring (bicyclic) bond motifs is 1. The molecule has 0 atom stereocenters. The SMILES string of the molecule is NC(=O)C1CCN(c2cc(-c3ccc(Cl)cc3)nc3ccc(F)cc23)CC1. The third-order valence-electron chi connectivity index (χ3n) is 5.13. The van der Waals surface area contributed by atoms with E-state index in [1.807, 2.05) is 30.3 Å². The highest BCUT2D eigenvalue weighted by Crippen LogP contribution is 2.34. The minimum absolute atomic E-state index is 0.0955. The molecule has 1 saturated heterocycles. The molecule has 3 aromatic rings. The lowest BCUT2D eigenvalue weighted by Gasteiger charge is -2.33. The summed E-state index contributed by atoms with van der Waals surface area (Å²) in [4.78, 5) is 18.3. The van der Waals surface area contributed by atoms with Crippen molar-refractivity contribution in [1.82, 2.24) is 4.98 Å². The largest absolute Gasteiger partial charge is 0.371 e. The quantitative estimate of drug-likeness (QED) is 0.729. The Balaban J connectivity index is 1.79. The third-order valence-corrected chi connectivity index (χ3v) is 5.38.